The van der Waals surface area contributed by atoms with Crippen LogP contribution in [-0.2, 0) is 17.9 Å². The van der Waals surface area contributed by atoms with E-state index in [4.69, 9.17) is 24.7 Å². The number of hydrogen-bond donors (Lipinski definition) is 2. The van der Waals surface area contributed by atoms with Crippen molar-refractivity contribution in [3.63, 3.8) is 0 Å². The quantitative estimate of drug-likeness (QED) is 0.225. The van der Waals surface area contributed by atoms with Gasteiger partial charge in [0, 0.05) is 6.54 Å². The van der Waals surface area contributed by atoms with Gasteiger partial charge in [-0.1, -0.05) is 18.2 Å². The molecule has 0 fully saturated rings. The molecule has 0 saturated carbocycles. The van der Waals surface area contributed by atoms with Crippen LogP contribution in [0.4, 0.5) is 0 Å². The molecular formula is C20H28IN3O4. The fourth-order valence-corrected chi connectivity index (χ4v) is 2.37. The minimum atomic E-state index is 0. The van der Waals surface area contributed by atoms with E-state index in [2.05, 4.69) is 10.3 Å². The summed E-state index contributed by atoms with van der Waals surface area (Å²) in [5.41, 5.74) is 7.96. The van der Waals surface area contributed by atoms with E-state index in [0.29, 0.717) is 43.8 Å². The third-order valence-corrected chi connectivity index (χ3v) is 3.86. The van der Waals surface area contributed by atoms with Gasteiger partial charge in [-0.05, 0) is 35.4 Å². The van der Waals surface area contributed by atoms with Gasteiger partial charge in [0.2, 0.25) is 0 Å². The molecule has 0 aliphatic rings. The van der Waals surface area contributed by atoms with E-state index in [1.807, 2.05) is 42.5 Å². The smallest absolute Gasteiger partial charge is 0.188 e. The average molecular weight is 501 g/mol. The zero-order valence-corrected chi connectivity index (χ0v) is 18.8. The Morgan fingerprint density at radius 2 is 1.61 bits per heavy atom. The maximum atomic E-state index is 5.89. The number of nitrogens with one attached hydrogen (secondary N) is 1. The standard InChI is InChI=1S/C20H27N3O4.HI/c1-24-17-7-4-15(5-8-17)14-27-11-10-22-20(21)23-13-16-6-9-18(25-2)19(12-16)26-3;/h4-9,12H,10-11,13-14H2,1-3H3,(H3,21,22,23);1H. The van der Waals surface area contributed by atoms with E-state index in [0.717, 1.165) is 16.9 Å². The molecule has 0 aliphatic heterocycles. The van der Waals surface area contributed by atoms with Gasteiger partial charge in [0.25, 0.3) is 0 Å². The number of ether oxygens (including phenoxy) is 4. The van der Waals surface area contributed by atoms with Crippen molar-refractivity contribution in [1.82, 2.24) is 5.32 Å². The average Bonchev–Trinajstić information content (AvgIpc) is 2.72. The molecule has 3 N–H and O–H groups in total. The van der Waals surface area contributed by atoms with Crippen LogP contribution in [0.3, 0.4) is 0 Å². The molecule has 2 rings (SSSR count). The fraction of sp³-hybridized carbons (Fsp3) is 0.350. The molecule has 0 unspecified atom stereocenters. The number of nitrogens with zero attached hydrogens (tertiary/aromatic N) is 1. The number of benzene rings is 2. The highest BCUT2D eigenvalue weighted by Crippen LogP contribution is 2.27. The predicted molar refractivity (Wildman–Crippen MR) is 121 cm³/mol. The van der Waals surface area contributed by atoms with Crippen molar-refractivity contribution in [3.8, 4) is 17.2 Å². The number of hydrogen-bond acceptors (Lipinski definition) is 5. The molecular weight excluding hydrogens is 473 g/mol. The van der Waals surface area contributed by atoms with Crippen molar-refractivity contribution in [2.75, 3.05) is 34.5 Å². The molecule has 0 aromatic heterocycles. The highest BCUT2D eigenvalue weighted by Gasteiger charge is 2.04. The van der Waals surface area contributed by atoms with Gasteiger partial charge < -0.3 is 30.0 Å². The number of guanidine groups is 1. The van der Waals surface area contributed by atoms with E-state index in [-0.39, 0.29) is 24.0 Å². The largest absolute Gasteiger partial charge is 0.497 e. The first-order valence-corrected chi connectivity index (χ1v) is 8.61. The summed E-state index contributed by atoms with van der Waals surface area (Å²) in [4.78, 5) is 4.32. The van der Waals surface area contributed by atoms with E-state index in [9.17, 15) is 0 Å². The molecule has 7 nitrogen and oxygen atoms in total. The maximum absolute atomic E-state index is 5.89. The molecule has 8 heteroatoms. The van der Waals surface area contributed by atoms with Gasteiger partial charge in [-0.2, -0.15) is 0 Å². The maximum Gasteiger partial charge on any atom is 0.188 e. The molecule has 0 radical (unpaired) electrons. The number of nitrogens with two attached hydrogens (primary N) is 1. The first-order chi connectivity index (χ1) is 13.2. The Labute approximate surface area is 183 Å². The second-order valence-electron chi connectivity index (χ2n) is 5.72. The summed E-state index contributed by atoms with van der Waals surface area (Å²) < 4.78 is 21.2. The highest BCUT2D eigenvalue weighted by molar-refractivity contribution is 14.0. The van der Waals surface area contributed by atoms with E-state index < -0.39 is 0 Å². The normalized spacial score (nSPS) is 10.8. The SMILES string of the molecule is COc1ccc(COCCNC(N)=NCc2ccc(OC)c(OC)c2)cc1.I. The predicted octanol–water partition coefficient (Wildman–Crippen LogP) is 2.95. The van der Waals surface area contributed by atoms with Crippen LogP contribution in [0.5, 0.6) is 17.2 Å². The molecule has 0 aliphatic carbocycles. The molecule has 2 aromatic carbocycles. The van der Waals surface area contributed by atoms with Crippen LogP contribution in [0.15, 0.2) is 47.5 Å². The van der Waals surface area contributed by atoms with Gasteiger partial charge in [0.1, 0.15) is 5.75 Å². The van der Waals surface area contributed by atoms with E-state index in [1.54, 1.807) is 21.3 Å². The molecule has 2 aromatic rings. The van der Waals surface area contributed by atoms with Crippen LogP contribution >= 0.6 is 24.0 Å². The third kappa shape index (κ3) is 7.81. The van der Waals surface area contributed by atoms with Gasteiger partial charge in [0.15, 0.2) is 17.5 Å². The molecule has 0 amide bonds. The van der Waals surface area contributed by atoms with Crippen LogP contribution in [0.2, 0.25) is 0 Å². The monoisotopic (exact) mass is 501 g/mol. The zero-order valence-electron chi connectivity index (χ0n) is 16.4. The number of rotatable bonds is 10. The van der Waals surface area contributed by atoms with Crippen molar-refractivity contribution < 1.29 is 18.9 Å². The molecule has 0 heterocycles. The lowest BCUT2D eigenvalue weighted by atomic mass is 10.2. The van der Waals surface area contributed by atoms with Crippen molar-refractivity contribution in [3.05, 3.63) is 53.6 Å². The van der Waals surface area contributed by atoms with Crippen LogP contribution in [0, 0.1) is 0 Å². The third-order valence-electron chi connectivity index (χ3n) is 3.86. The van der Waals surface area contributed by atoms with Crippen LogP contribution in [0.25, 0.3) is 0 Å². The summed E-state index contributed by atoms with van der Waals surface area (Å²) in [5, 5.41) is 3.04. The minimum Gasteiger partial charge on any atom is -0.497 e. The number of methoxy groups -OCH3 is 3. The Hall–Kier alpha value is -2.20. The summed E-state index contributed by atoms with van der Waals surface area (Å²) in [7, 11) is 4.86. The number of halogens is 1. The lowest BCUT2D eigenvalue weighted by molar-refractivity contribution is 0.125. The van der Waals surface area contributed by atoms with Gasteiger partial charge in [-0.3, -0.25) is 0 Å². The van der Waals surface area contributed by atoms with Crippen LogP contribution in [-0.4, -0.2) is 40.4 Å². The summed E-state index contributed by atoms with van der Waals surface area (Å²) in [5.74, 6) is 2.56. The van der Waals surface area contributed by atoms with Crippen molar-refractivity contribution >= 4 is 29.9 Å². The molecule has 0 spiro atoms. The second kappa shape index (κ2) is 13.1. The van der Waals surface area contributed by atoms with Gasteiger partial charge >= 0.3 is 0 Å². The van der Waals surface area contributed by atoms with Crippen molar-refractivity contribution in [2.45, 2.75) is 13.2 Å². The minimum absolute atomic E-state index is 0. The summed E-state index contributed by atoms with van der Waals surface area (Å²) >= 11 is 0. The van der Waals surface area contributed by atoms with E-state index in [1.165, 1.54) is 0 Å². The second-order valence-corrected chi connectivity index (χ2v) is 5.72. The Kier molecular flexibility index (Phi) is 11.1. The topological polar surface area (TPSA) is 87.3 Å². The fourth-order valence-electron chi connectivity index (χ4n) is 2.37. The zero-order chi connectivity index (χ0) is 19.5. The Bertz CT molecular complexity index is 739. The molecule has 154 valence electrons. The van der Waals surface area contributed by atoms with Crippen LogP contribution in [0.1, 0.15) is 11.1 Å². The lowest BCUT2D eigenvalue weighted by Crippen LogP contribution is -2.34. The van der Waals surface area contributed by atoms with Crippen LogP contribution < -0.4 is 25.3 Å². The summed E-state index contributed by atoms with van der Waals surface area (Å²) in [6, 6.07) is 13.4. The summed E-state index contributed by atoms with van der Waals surface area (Å²) in [6.07, 6.45) is 0. The van der Waals surface area contributed by atoms with Gasteiger partial charge in [-0.25, -0.2) is 4.99 Å². The molecule has 0 bridgehead atoms. The molecule has 0 saturated heterocycles. The Morgan fingerprint density at radius 3 is 2.25 bits per heavy atom. The highest BCUT2D eigenvalue weighted by atomic mass is 127. The molecule has 28 heavy (non-hydrogen) atoms. The van der Waals surface area contributed by atoms with Crippen molar-refractivity contribution in [2.24, 2.45) is 10.7 Å². The first kappa shape index (κ1) is 23.8. The van der Waals surface area contributed by atoms with Crippen molar-refractivity contribution in [1.29, 1.82) is 0 Å². The molecule has 0 atom stereocenters. The number of aliphatic imine (C=N–C) groups is 1. The van der Waals surface area contributed by atoms with E-state index >= 15 is 0 Å². The Balaban J connectivity index is 0.00000392. The van der Waals surface area contributed by atoms with Gasteiger partial charge in [-0.15, -0.1) is 24.0 Å². The first-order valence-electron chi connectivity index (χ1n) is 8.61. The van der Waals surface area contributed by atoms with Gasteiger partial charge in [0.05, 0.1) is 41.1 Å². The Morgan fingerprint density at radius 1 is 0.929 bits per heavy atom. The lowest BCUT2D eigenvalue weighted by Gasteiger charge is -2.09. The summed E-state index contributed by atoms with van der Waals surface area (Å²) in [6.45, 7) is 2.09.